The predicted molar refractivity (Wildman–Crippen MR) is 146 cm³/mol. The summed E-state index contributed by atoms with van der Waals surface area (Å²) in [5.74, 6) is 2.17. The zero-order chi connectivity index (χ0) is 24.9. The van der Waals surface area contributed by atoms with Gasteiger partial charge in [-0.05, 0) is 67.1 Å². The van der Waals surface area contributed by atoms with Crippen LogP contribution in [0.4, 0.5) is 0 Å². The molecule has 0 amide bonds. The van der Waals surface area contributed by atoms with Crippen LogP contribution in [-0.4, -0.2) is 15.0 Å². The lowest BCUT2D eigenvalue weighted by molar-refractivity contribution is 0.439. The maximum atomic E-state index is 4.91. The molecule has 0 N–H and O–H groups in total. The average molecular weight is 456 g/mol. The van der Waals surface area contributed by atoms with Gasteiger partial charge in [0.25, 0.3) is 0 Å². The number of hydrogen-bond acceptors (Lipinski definition) is 3. The van der Waals surface area contributed by atoms with Gasteiger partial charge in [0.05, 0.1) is 0 Å². The molecule has 0 fully saturated rings. The van der Waals surface area contributed by atoms with Crippen molar-refractivity contribution >= 4 is 5.57 Å². The monoisotopic (exact) mass is 455 g/mol. The second-order valence-corrected chi connectivity index (χ2v) is 9.97. The van der Waals surface area contributed by atoms with E-state index in [1.54, 1.807) is 0 Å². The van der Waals surface area contributed by atoms with Crippen LogP contribution >= 0.6 is 0 Å². The van der Waals surface area contributed by atoms with Gasteiger partial charge in [-0.1, -0.05) is 96.1 Å². The van der Waals surface area contributed by atoms with Gasteiger partial charge < -0.3 is 0 Å². The van der Waals surface area contributed by atoms with E-state index in [1.165, 1.54) is 11.1 Å². The molecule has 0 atom stereocenters. The Labute approximate surface area is 206 Å². The Morgan fingerprint density at radius 2 is 1.00 bits per heavy atom. The van der Waals surface area contributed by atoms with Crippen molar-refractivity contribution < 1.29 is 0 Å². The minimum absolute atomic E-state index is 0.197. The molecular weight excluding hydrogens is 414 g/mol. The standard InChI is InChI=1S/C31H41N3/c1-9-22(6)27-32-28(23-14-18-25(19-15-23)30(7,10-2)11-3)34-29(33-27)24-16-20-26(21-17-24)31(8,12-4)13-5/h9,14-21H,10-13H2,1-8H3/b22-9+. The molecule has 3 heteroatoms. The summed E-state index contributed by atoms with van der Waals surface area (Å²) in [4.78, 5) is 14.6. The van der Waals surface area contributed by atoms with Crippen LogP contribution in [0.15, 0.2) is 54.6 Å². The van der Waals surface area contributed by atoms with Gasteiger partial charge >= 0.3 is 0 Å². The van der Waals surface area contributed by atoms with Gasteiger partial charge in [-0.2, -0.15) is 0 Å². The summed E-state index contributed by atoms with van der Waals surface area (Å²) >= 11 is 0. The van der Waals surface area contributed by atoms with Gasteiger partial charge in [0.2, 0.25) is 0 Å². The summed E-state index contributed by atoms with van der Waals surface area (Å²) in [6.07, 6.45) is 6.53. The third-order valence-corrected chi connectivity index (χ3v) is 8.22. The van der Waals surface area contributed by atoms with Gasteiger partial charge in [0.1, 0.15) is 0 Å². The van der Waals surface area contributed by atoms with Crippen LogP contribution in [0.3, 0.4) is 0 Å². The summed E-state index contributed by atoms with van der Waals surface area (Å²) in [6, 6.07) is 17.6. The van der Waals surface area contributed by atoms with E-state index in [0.717, 1.165) is 59.9 Å². The number of rotatable bonds is 9. The Morgan fingerprint density at radius 3 is 1.29 bits per heavy atom. The second-order valence-electron chi connectivity index (χ2n) is 9.97. The van der Waals surface area contributed by atoms with E-state index in [4.69, 9.17) is 15.0 Å². The molecule has 0 saturated heterocycles. The number of benzene rings is 2. The van der Waals surface area contributed by atoms with E-state index in [-0.39, 0.29) is 10.8 Å². The minimum Gasteiger partial charge on any atom is -0.209 e. The minimum atomic E-state index is 0.197. The normalized spacial score (nSPS) is 12.8. The highest BCUT2D eigenvalue weighted by atomic mass is 15.0. The van der Waals surface area contributed by atoms with E-state index >= 15 is 0 Å². The van der Waals surface area contributed by atoms with Crippen molar-refractivity contribution in [2.75, 3.05) is 0 Å². The maximum Gasteiger partial charge on any atom is 0.164 e. The third-order valence-electron chi connectivity index (χ3n) is 8.22. The van der Waals surface area contributed by atoms with Crippen molar-refractivity contribution in [1.29, 1.82) is 0 Å². The fourth-order valence-corrected chi connectivity index (χ4v) is 4.30. The van der Waals surface area contributed by atoms with Crippen LogP contribution in [0.5, 0.6) is 0 Å². The van der Waals surface area contributed by atoms with E-state index in [2.05, 4.69) is 103 Å². The molecule has 0 aliphatic heterocycles. The molecule has 0 saturated carbocycles. The molecule has 3 aromatic rings. The van der Waals surface area contributed by atoms with Gasteiger partial charge in [0, 0.05) is 11.1 Å². The number of allylic oxidation sites excluding steroid dienone is 2. The maximum absolute atomic E-state index is 4.91. The predicted octanol–water partition coefficient (Wildman–Crippen LogP) is 8.78. The molecule has 0 unspecified atom stereocenters. The molecule has 0 aliphatic carbocycles. The zero-order valence-corrected chi connectivity index (χ0v) is 22.4. The molecule has 1 aromatic heterocycles. The molecule has 3 nitrogen and oxygen atoms in total. The SMILES string of the molecule is C/C=C(\C)c1nc(-c2ccc(C(C)(CC)CC)cc2)nc(-c2ccc(C(C)(CC)CC)cc2)n1. The van der Waals surface area contributed by atoms with E-state index in [9.17, 15) is 0 Å². The molecule has 3 rings (SSSR count). The van der Waals surface area contributed by atoms with Crippen LogP contribution < -0.4 is 0 Å². The van der Waals surface area contributed by atoms with Crippen molar-refractivity contribution in [3.05, 3.63) is 71.6 Å². The summed E-state index contributed by atoms with van der Waals surface area (Å²) in [5.41, 5.74) is 6.22. The average Bonchev–Trinajstić information content (AvgIpc) is 2.91. The number of aromatic nitrogens is 3. The van der Waals surface area contributed by atoms with E-state index in [1.807, 2.05) is 6.92 Å². The number of nitrogens with zero attached hydrogens (tertiary/aromatic N) is 3. The Hall–Kier alpha value is -2.81. The molecule has 0 bridgehead atoms. The van der Waals surface area contributed by atoms with E-state index in [0.29, 0.717) is 0 Å². The van der Waals surface area contributed by atoms with Crippen LogP contribution in [0.1, 0.15) is 98.0 Å². The van der Waals surface area contributed by atoms with Crippen molar-refractivity contribution in [2.24, 2.45) is 0 Å². The molecule has 2 aromatic carbocycles. The summed E-state index contributed by atoms with van der Waals surface area (Å²) < 4.78 is 0. The Kier molecular flexibility index (Phi) is 8.07. The topological polar surface area (TPSA) is 38.7 Å². The van der Waals surface area contributed by atoms with Gasteiger partial charge in [-0.3, -0.25) is 0 Å². The lowest BCUT2D eigenvalue weighted by Gasteiger charge is -2.27. The fourth-order valence-electron chi connectivity index (χ4n) is 4.30. The van der Waals surface area contributed by atoms with Crippen molar-refractivity contribution in [2.45, 2.75) is 91.9 Å². The van der Waals surface area contributed by atoms with Crippen molar-refractivity contribution in [3.63, 3.8) is 0 Å². The first kappa shape index (κ1) is 25.8. The zero-order valence-electron chi connectivity index (χ0n) is 22.4. The largest absolute Gasteiger partial charge is 0.209 e. The molecule has 0 aliphatic rings. The van der Waals surface area contributed by atoms with Gasteiger partial charge in [-0.15, -0.1) is 0 Å². The molecule has 0 spiro atoms. The van der Waals surface area contributed by atoms with Crippen LogP contribution in [-0.2, 0) is 10.8 Å². The fraction of sp³-hybridized carbons (Fsp3) is 0.452. The Balaban J connectivity index is 2.06. The lowest BCUT2D eigenvalue weighted by Crippen LogP contribution is -2.19. The highest BCUT2D eigenvalue weighted by Crippen LogP contribution is 2.34. The Morgan fingerprint density at radius 1 is 0.647 bits per heavy atom. The number of hydrogen-bond donors (Lipinski definition) is 0. The molecule has 1 heterocycles. The van der Waals surface area contributed by atoms with Crippen molar-refractivity contribution in [3.8, 4) is 22.8 Å². The molecular formula is C31H41N3. The first-order valence-electron chi connectivity index (χ1n) is 12.8. The smallest absolute Gasteiger partial charge is 0.164 e. The quantitative estimate of drug-likeness (QED) is 0.323. The van der Waals surface area contributed by atoms with Gasteiger partial charge in [-0.25, -0.2) is 15.0 Å². The first-order chi connectivity index (χ1) is 16.2. The van der Waals surface area contributed by atoms with Crippen molar-refractivity contribution in [1.82, 2.24) is 15.0 Å². The molecule has 180 valence electrons. The summed E-state index contributed by atoms with van der Waals surface area (Å²) in [7, 11) is 0. The highest BCUT2D eigenvalue weighted by Gasteiger charge is 2.23. The molecule has 0 radical (unpaired) electrons. The van der Waals surface area contributed by atoms with Gasteiger partial charge in [0.15, 0.2) is 17.5 Å². The summed E-state index contributed by atoms with van der Waals surface area (Å²) in [5, 5.41) is 0. The third kappa shape index (κ3) is 5.14. The lowest BCUT2D eigenvalue weighted by atomic mass is 9.78. The van der Waals surface area contributed by atoms with E-state index < -0.39 is 0 Å². The second kappa shape index (κ2) is 10.6. The summed E-state index contributed by atoms with van der Waals surface area (Å²) in [6.45, 7) is 17.8. The molecule has 34 heavy (non-hydrogen) atoms. The highest BCUT2D eigenvalue weighted by molar-refractivity contribution is 5.66. The Bertz CT molecular complexity index is 1040. The first-order valence-corrected chi connectivity index (χ1v) is 12.8. The van der Waals surface area contributed by atoms with Crippen LogP contribution in [0.25, 0.3) is 28.3 Å². The van der Waals surface area contributed by atoms with Crippen LogP contribution in [0, 0.1) is 0 Å². The van der Waals surface area contributed by atoms with Crippen LogP contribution in [0.2, 0.25) is 0 Å².